The van der Waals surface area contributed by atoms with Crippen LogP contribution in [0.1, 0.15) is 19.4 Å². The number of anilines is 1. The molecule has 0 aliphatic heterocycles. The lowest BCUT2D eigenvalue weighted by Gasteiger charge is -2.10. The molecule has 94 valence electrons. The first-order chi connectivity index (χ1) is 8.11. The van der Waals surface area contributed by atoms with Gasteiger partial charge in [-0.25, -0.2) is 0 Å². The molecule has 0 fully saturated rings. The van der Waals surface area contributed by atoms with Crippen LogP contribution in [-0.2, 0) is 20.9 Å². The van der Waals surface area contributed by atoms with Crippen LogP contribution in [0.3, 0.4) is 0 Å². The molecule has 1 N–H and O–H groups in total. The van der Waals surface area contributed by atoms with Crippen LogP contribution in [0.4, 0.5) is 5.69 Å². The van der Waals surface area contributed by atoms with Gasteiger partial charge in [0.25, 0.3) is 0 Å². The molecule has 17 heavy (non-hydrogen) atoms. The van der Waals surface area contributed by atoms with Crippen molar-refractivity contribution >= 4 is 11.7 Å². The largest absolute Gasteiger partial charge is 0.462 e. The van der Waals surface area contributed by atoms with Crippen LogP contribution in [0.15, 0.2) is 24.3 Å². The second-order valence-electron chi connectivity index (χ2n) is 4.03. The molecule has 0 amide bonds. The molecule has 0 aliphatic rings. The Labute approximate surface area is 102 Å². The average Bonchev–Trinajstić information content (AvgIpc) is 2.26. The zero-order valence-corrected chi connectivity index (χ0v) is 10.5. The minimum Gasteiger partial charge on any atom is -0.462 e. The summed E-state index contributed by atoms with van der Waals surface area (Å²) in [6, 6.07) is 7.75. The third kappa shape index (κ3) is 5.36. The van der Waals surface area contributed by atoms with Crippen LogP contribution in [-0.4, -0.2) is 25.7 Å². The SMILES string of the molecule is COCc1cccc(NCC(=O)OC(C)C)c1. The Morgan fingerprint density at radius 2 is 2.18 bits per heavy atom. The second-order valence-corrected chi connectivity index (χ2v) is 4.03. The van der Waals surface area contributed by atoms with Gasteiger partial charge in [-0.1, -0.05) is 12.1 Å². The average molecular weight is 237 g/mol. The fourth-order valence-electron chi connectivity index (χ4n) is 1.42. The highest BCUT2D eigenvalue weighted by molar-refractivity contribution is 5.75. The molecule has 0 radical (unpaired) electrons. The Bertz CT molecular complexity index is 363. The van der Waals surface area contributed by atoms with Gasteiger partial charge in [0.05, 0.1) is 12.7 Å². The second kappa shape index (κ2) is 6.91. The van der Waals surface area contributed by atoms with E-state index in [0.29, 0.717) is 6.61 Å². The maximum Gasteiger partial charge on any atom is 0.325 e. The summed E-state index contributed by atoms with van der Waals surface area (Å²) in [4.78, 5) is 11.3. The minimum absolute atomic E-state index is 0.0795. The van der Waals surface area contributed by atoms with E-state index >= 15 is 0 Å². The normalized spacial score (nSPS) is 10.4. The molecule has 0 aliphatic carbocycles. The molecule has 0 heterocycles. The summed E-state index contributed by atoms with van der Waals surface area (Å²) in [7, 11) is 1.65. The molecule has 4 heteroatoms. The van der Waals surface area contributed by atoms with Crippen molar-refractivity contribution in [3.05, 3.63) is 29.8 Å². The summed E-state index contributed by atoms with van der Waals surface area (Å²) < 4.78 is 10.1. The van der Waals surface area contributed by atoms with Crippen LogP contribution < -0.4 is 5.32 Å². The monoisotopic (exact) mass is 237 g/mol. The summed E-state index contributed by atoms with van der Waals surface area (Å²) in [5, 5.41) is 3.02. The first kappa shape index (κ1) is 13.5. The first-order valence-corrected chi connectivity index (χ1v) is 5.63. The van der Waals surface area contributed by atoms with E-state index in [-0.39, 0.29) is 18.6 Å². The highest BCUT2D eigenvalue weighted by Gasteiger charge is 2.04. The third-order valence-corrected chi connectivity index (χ3v) is 2.04. The van der Waals surface area contributed by atoms with Crippen molar-refractivity contribution in [1.82, 2.24) is 0 Å². The Balaban J connectivity index is 2.45. The van der Waals surface area contributed by atoms with E-state index in [9.17, 15) is 4.79 Å². The van der Waals surface area contributed by atoms with Gasteiger partial charge < -0.3 is 14.8 Å². The van der Waals surface area contributed by atoms with E-state index in [1.165, 1.54) is 0 Å². The van der Waals surface area contributed by atoms with Gasteiger partial charge in [0.2, 0.25) is 0 Å². The molecular formula is C13H19NO3. The Kier molecular flexibility index (Phi) is 5.49. The van der Waals surface area contributed by atoms with Crippen LogP contribution >= 0.6 is 0 Å². The van der Waals surface area contributed by atoms with Crippen LogP contribution in [0.25, 0.3) is 0 Å². The van der Waals surface area contributed by atoms with Crippen molar-refractivity contribution in [2.75, 3.05) is 19.0 Å². The number of hydrogen-bond donors (Lipinski definition) is 1. The molecule has 0 aromatic heterocycles. The number of rotatable bonds is 6. The first-order valence-electron chi connectivity index (χ1n) is 5.63. The maximum atomic E-state index is 11.3. The van der Waals surface area contributed by atoms with Gasteiger partial charge >= 0.3 is 5.97 Å². The summed E-state index contributed by atoms with van der Waals surface area (Å²) in [5.41, 5.74) is 1.95. The van der Waals surface area contributed by atoms with Gasteiger partial charge in [0.15, 0.2) is 0 Å². The zero-order chi connectivity index (χ0) is 12.7. The number of nitrogens with one attached hydrogen (secondary N) is 1. The minimum atomic E-state index is -0.253. The standard InChI is InChI=1S/C13H19NO3/c1-10(2)17-13(15)8-14-12-6-4-5-11(7-12)9-16-3/h4-7,10,14H,8-9H2,1-3H3. The number of hydrogen-bond acceptors (Lipinski definition) is 4. The molecule has 1 aromatic carbocycles. The maximum absolute atomic E-state index is 11.3. The lowest BCUT2D eigenvalue weighted by molar-refractivity contribution is -0.145. The number of benzene rings is 1. The summed E-state index contributed by atoms with van der Waals surface area (Å²) >= 11 is 0. The fourth-order valence-corrected chi connectivity index (χ4v) is 1.42. The van der Waals surface area contributed by atoms with Gasteiger partial charge in [0.1, 0.15) is 6.54 Å². The molecule has 0 spiro atoms. The van der Waals surface area contributed by atoms with Crippen molar-refractivity contribution in [1.29, 1.82) is 0 Å². The molecular weight excluding hydrogens is 218 g/mol. The topological polar surface area (TPSA) is 47.6 Å². The van der Waals surface area contributed by atoms with Crippen molar-refractivity contribution < 1.29 is 14.3 Å². The predicted octanol–water partition coefficient (Wildman–Crippen LogP) is 2.20. The molecule has 0 bridgehead atoms. The molecule has 0 atom stereocenters. The number of carbonyl (C=O) groups is 1. The van der Waals surface area contributed by atoms with E-state index in [1.807, 2.05) is 38.1 Å². The van der Waals surface area contributed by atoms with Gasteiger partial charge in [-0.3, -0.25) is 4.79 Å². The number of methoxy groups -OCH3 is 1. The van der Waals surface area contributed by atoms with Gasteiger partial charge in [-0.15, -0.1) is 0 Å². The highest BCUT2D eigenvalue weighted by Crippen LogP contribution is 2.11. The Morgan fingerprint density at radius 1 is 1.41 bits per heavy atom. The number of esters is 1. The van der Waals surface area contributed by atoms with E-state index in [1.54, 1.807) is 7.11 Å². The van der Waals surface area contributed by atoms with Gasteiger partial charge in [-0.05, 0) is 31.5 Å². The number of carbonyl (C=O) groups excluding carboxylic acids is 1. The van der Waals surface area contributed by atoms with E-state index < -0.39 is 0 Å². The molecule has 1 rings (SSSR count). The molecule has 0 saturated carbocycles. The van der Waals surface area contributed by atoms with Crippen molar-refractivity contribution in [2.24, 2.45) is 0 Å². The number of ether oxygens (including phenoxy) is 2. The smallest absolute Gasteiger partial charge is 0.325 e. The van der Waals surface area contributed by atoms with Crippen LogP contribution in [0.2, 0.25) is 0 Å². The van der Waals surface area contributed by atoms with Gasteiger partial charge in [-0.2, -0.15) is 0 Å². The quantitative estimate of drug-likeness (QED) is 0.770. The molecule has 0 unspecified atom stereocenters. The van der Waals surface area contributed by atoms with Crippen LogP contribution in [0.5, 0.6) is 0 Å². The highest BCUT2D eigenvalue weighted by atomic mass is 16.5. The van der Waals surface area contributed by atoms with Crippen molar-refractivity contribution in [2.45, 2.75) is 26.6 Å². The zero-order valence-electron chi connectivity index (χ0n) is 10.5. The lowest BCUT2D eigenvalue weighted by Crippen LogP contribution is -2.20. The lowest BCUT2D eigenvalue weighted by atomic mass is 10.2. The summed E-state index contributed by atoms with van der Waals surface area (Å²) in [6.07, 6.45) is -0.0795. The molecule has 4 nitrogen and oxygen atoms in total. The van der Waals surface area contributed by atoms with E-state index in [2.05, 4.69) is 5.32 Å². The fraction of sp³-hybridized carbons (Fsp3) is 0.462. The van der Waals surface area contributed by atoms with Gasteiger partial charge in [0, 0.05) is 12.8 Å². The van der Waals surface area contributed by atoms with Crippen LogP contribution in [0, 0.1) is 0 Å². The molecule has 0 saturated heterocycles. The van der Waals surface area contributed by atoms with E-state index in [4.69, 9.17) is 9.47 Å². The summed E-state index contributed by atoms with van der Waals surface area (Å²) in [6.45, 7) is 4.40. The third-order valence-electron chi connectivity index (χ3n) is 2.04. The Morgan fingerprint density at radius 3 is 2.82 bits per heavy atom. The Hall–Kier alpha value is -1.55. The van der Waals surface area contributed by atoms with Crippen molar-refractivity contribution in [3.63, 3.8) is 0 Å². The summed E-state index contributed by atoms with van der Waals surface area (Å²) in [5.74, 6) is -0.253. The predicted molar refractivity (Wildman–Crippen MR) is 66.9 cm³/mol. The van der Waals surface area contributed by atoms with Crippen molar-refractivity contribution in [3.8, 4) is 0 Å². The van der Waals surface area contributed by atoms with E-state index in [0.717, 1.165) is 11.3 Å². The molecule has 1 aromatic rings.